The molecule has 0 saturated carbocycles. The highest BCUT2D eigenvalue weighted by Crippen LogP contribution is 2.28. The molecule has 1 aromatic carbocycles. The number of aromatic nitrogens is 1. The number of pyridine rings is 1. The molecule has 0 fully saturated rings. The van der Waals surface area contributed by atoms with Gasteiger partial charge in [-0.1, -0.05) is 30.1 Å². The Morgan fingerprint density at radius 2 is 1.89 bits per heavy atom. The number of nitrogens with one attached hydrogen (secondary N) is 1. The predicted octanol–water partition coefficient (Wildman–Crippen LogP) is 4.40. The number of aryl methyl sites for hydroxylation is 1. The summed E-state index contributed by atoms with van der Waals surface area (Å²) in [6.07, 6.45) is 3.68. The molecule has 19 heavy (non-hydrogen) atoms. The summed E-state index contributed by atoms with van der Waals surface area (Å²) in [7, 11) is 0. The van der Waals surface area contributed by atoms with Crippen LogP contribution in [0.15, 0.2) is 36.7 Å². The first-order valence-electron chi connectivity index (χ1n) is 6.21. The van der Waals surface area contributed by atoms with E-state index in [2.05, 4.69) is 24.1 Å². The summed E-state index contributed by atoms with van der Waals surface area (Å²) in [5.41, 5.74) is 3.38. The molecule has 4 heteroatoms. The second kappa shape index (κ2) is 6.38. The van der Waals surface area contributed by atoms with Crippen molar-refractivity contribution in [2.24, 2.45) is 0 Å². The van der Waals surface area contributed by atoms with E-state index in [1.807, 2.05) is 24.4 Å². The Bertz CT molecular complexity index is 550. The van der Waals surface area contributed by atoms with Gasteiger partial charge in [0, 0.05) is 22.4 Å². The fourth-order valence-electron chi connectivity index (χ4n) is 2.13. The van der Waals surface area contributed by atoms with Gasteiger partial charge in [0.15, 0.2) is 0 Å². The highest BCUT2D eigenvalue weighted by Gasteiger charge is 2.16. The third kappa shape index (κ3) is 3.47. The van der Waals surface area contributed by atoms with Crippen molar-refractivity contribution in [3.8, 4) is 0 Å². The Kier molecular flexibility index (Phi) is 4.81. The van der Waals surface area contributed by atoms with Crippen LogP contribution in [0.3, 0.4) is 0 Å². The van der Waals surface area contributed by atoms with Gasteiger partial charge in [0.05, 0.1) is 6.04 Å². The van der Waals surface area contributed by atoms with Crippen LogP contribution in [0.4, 0.5) is 0 Å². The monoisotopic (exact) mass is 294 g/mol. The van der Waals surface area contributed by atoms with Crippen LogP contribution in [0.1, 0.15) is 29.7 Å². The molecule has 0 amide bonds. The molecule has 1 unspecified atom stereocenters. The predicted molar refractivity (Wildman–Crippen MR) is 81.0 cm³/mol. The van der Waals surface area contributed by atoms with Crippen molar-refractivity contribution >= 4 is 23.2 Å². The third-order valence-corrected chi connectivity index (χ3v) is 3.45. The second-order valence-corrected chi connectivity index (χ2v) is 5.30. The van der Waals surface area contributed by atoms with Crippen molar-refractivity contribution in [1.82, 2.24) is 10.3 Å². The van der Waals surface area contributed by atoms with Gasteiger partial charge in [0.1, 0.15) is 0 Å². The lowest BCUT2D eigenvalue weighted by atomic mass is 9.97. The fourth-order valence-corrected chi connectivity index (χ4v) is 2.67. The smallest absolute Gasteiger partial charge is 0.0595 e. The van der Waals surface area contributed by atoms with E-state index in [0.717, 1.165) is 17.7 Å². The summed E-state index contributed by atoms with van der Waals surface area (Å²) in [5, 5.41) is 4.74. The zero-order valence-electron chi connectivity index (χ0n) is 11.0. The molecule has 1 N–H and O–H groups in total. The van der Waals surface area contributed by atoms with Crippen LogP contribution < -0.4 is 5.32 Å². The molecule has 1 heterocycles. The Labute approximate surface area is 123 Å². The Morgan fingerprint density at radius 3 is 2.47 bits per heavy atom. The van der Waals surface area contributed by atoms with Crippen LogP contribution in [0.25, 0.3) is 0 Å². The van der Waals surface area contributed by atoms with Crippen molar-refractivity contribution in [3.05, 3.63) is 63.4 Å². The summed E-state index contributed by atoms with van der Waals surface area (Å²) >= 11 is 12.2. The maximum Gasteiger partial charge on any atom is 0.0595 e. The molecule has 100 valence electrons. The molecule has 1 aromatic heterocycles. The maximum atomic E-state index is 6.09. The molecule has 2 aromatic rings. The number of rotatable bonds is 4. The van der Waals surface area contributed by atoms with Crippen LogP contribution in [-0.2, 0) is 0 Å². The highest BCUT2D eigenvalue weighted by atomic mass is 35.5. The average molecular weight is 295 g/mol. The van der Waals surface area contributed by atoms with Gasteiger partial charge in [0.25, 0.3) is 0 Å². The van der Waals surface area contributed by atoms with E-state index in [4.69, 9.17) is 23.2 Å². The maximum absolute atomic E-state index is 6.09. The largest absolute Gasteiger partial charge is 0.306 e. The van der Waals surface area contributed by atoms with Crippen LogP contribution in [0.5, 0.6) is 0 Å². The standard InChI is InChI=1S/C15H16Cl2N2/c1-3-19-15(14-9-18-5-4-10(14)2)11-6-12(16)8-13(17)7-11/h4-9,15,19H,3H2,1-2H3. The summed E-state index contributed by atoms with van der Waals surface area (Å²) in [5.74, 6) is 0. The molecule has 0 aliphatic carbocycles. The zero-order valence-corrected chi connectivity index (χ0v) is 12.5. The number of hydrogen-bond donors (Lipinski definition) is 1. The molecule has 0 bridgehead atoms. The van der Waals surface area contributed by atoms with Gasteiger partial charge in [-0.15, -0.1) is 0 Å². The molecular weight excluding hydrogens is 279 g/mol. The van der Waals surface area contributed by atoms with Gasteiger partial charge in [-0.2, -0.15) is 0 Å². The molecule has 1 atom stereocenters. The quantitative estimate of drug-likeness (QED) is 0.904. The molecule has 0 spiro atoms. The molecule has 2 rings (SSSR count). The fraction of sp³-hybridized carbons (Fsp3) is 0.267. The Hall–Kier alpha value is -1.09. The van der Waals surface area contributed by atoms with Gasteiger partial charge in [0.2, 0.25) is 0 Å². The van der Waals surface area contributed by atoms with Crippen LogP contribution in [0.2, 0.25) is 10.0 Å². The summed E-state index contributed by atoms with van der Waals surface area (Å²) in [6.45, 7) is 5.00. The molecule has 0 saturated heterocycles. The topological polar surface area (TPSA) is 24.9 Å². The van der Waals surface area contributed by atoms with Gasteiger partial charge >= 0.3 is 0 Å². The molecule has 2 nitrogen and oxygen atoms in total. The van der Waals surface area contributed by atoms with Crippen molar-refractivity contribution < 1.29 is 0 Å². The first-order chi connectivity index (χ1) is 9.11. The molecule has 0 radical (unpaired) electrons. The van der Waals surface area contributed by atoms with E-state index in [0.29, 0.717) is 10.0 Å². The van der Waals surface area contributed by atoms with E-state index < -0.39 is 0 Å². The van der Waals surface area contributed by atoms with Crippen LogP contribution in [0, 0.1) is 6.92 Å². The summed E-state index contributed by atoms with van der Waals surface area (Å²) in [6, 6.07) is 7.67. The van der Waals surface area contributed by atoms with Crippen molar-refractivity contribution in [3.63, 3.8) is 0 Å². The molecular formula is C15H16Cl2N2. The van der Waals surface area contributed by atoms with Gasteiger partial charge in [-0.3, -0.25) is 4.98 Å². The minimum atomic E-state index is 0.0508. The van der Waals surface area contributed by atoms with Gasteiger partial charge in [-0.25, -0.2) is 0 Å². The molecule has 0 aliphatic rings. The Balaban J connectivity index is 2.48. The van der Waals surface area contributed by atoms with Crippen LogP contribution in [-0.4, -0.2) is 11.5 Å². The number of benzene rings is 1. The van der Waals surface area contributed by atoms with E-state index in [9.17, 15) is 0 Å². The van der Waals surface area contributed by atoms with E-state index >= 15 is 0 Å². The van der Waals surface area contributed by atoms with E-state index in [1.165, 1.54) is 5.56 Å². The minimum absolute atomic E-state index is 0.0508. The lowest BCUT2D eigenvalue weighted by Gasteiger charge is -2.21. The normalized spacial score (nSPS) is 12.4. The third-order valence-electron chi connectivity index (χ3n) is 3.02. The SMILES string of the molecule is CCNC(c1cc(Cl)cc(Cl)c1)c1cnccc1C. The summed E-state index contributed by atoms with van der Waals surface area (Å²) in [4.78, 5) is 4.21. The number of halogens is 2. The second-order valence-electron chi connectivity index (χ2n) is 4.43. The van der Waals surface area contributed by atoms with Crippen molar-refractivity contribution in [2.75, 3.05) is 6.54 Å². The minimum Gasteiger partial charge on any atom is -0.306 e. The highest BCUT2D eigenvalue weighted by molar-refractivity contribution is 6.34. The summed E-state index contributed by atoms with van der Waals surface area (Å²) < 4.78 is 0. The van der Waals surface area contributed by atoms with E-state index in [1.54, 1.807) is 12.3 Å². The van der Waals surface area contributed by atoms with Gasteiger partial charge < -0.3 is 5.32 Å². The zero-order chi connectivity index (χ0) is 13.8. The first kappa shape index (κ1) is 14.3. The number of hydrogen-bond acceptors (Lipinski definition) is 2. The number of nitrogens with zero attached hydrogens (tertiary/aromatic N) is 1. The lowest BCUT2D eigenvalue weighted by molar-refractivity contribution is 0.625. The van der Waals surface area contributed by atoms with E-state index in [-0.39, 0.29) is 6.04 Å². The van der Waals surface area contributed by atoms with Crippen molar-refractivity contribution in [2.45, 2.75) is 19.9 Å². The average Bonchev–Trinajstić information content (AvgIpc) is 2.36. The molecule has 0 aliphatic heterocycles. The Morgan fingerprint density at radius 1 is 1.21 bits per heavy atom. The lowest BCUT2D eigenvalue weighted by Crippen LogP contribution is -2.23. The van der Waals surface area contributed by atoms with Gasteiger partial charge in [-0.05, 0) is 54.4 Å². The first-order valence-corrected chi connectivity index (χ1v) is 6.97. The van der Waals surface area contributed by atoms with Crippen LogP contribution >= 0.6 is 23.2 Å². The van der Waals surface area contributed by atoms with Crippen molar-refractivity contribution in [1.29, 1.82) is 0 Å².